The van der Waals surface area contributed by atoms with Gasteiger partial charge in [-0.15, -0.1) is 6.42 Å². The molecule has 0 spiro atoms. The minimum absolute atomic E-state index is 0.134. The quantitative estimate of drug-likeness (QED) is 0.544. The van der Waals surface area contributed by atoms with E-state index in [1.54, 1.807) is 7.11 Å². The summed E-state index contributed by atoms with van der Waals surface area (Å²) >= 11 is 3.85. The van der Waals surface area contributed by atoms with Gasteiger partial charge in [-0.2, -0.15) is 17.7 Å². The Balaban J connectivity index is 0. The predicted octanol–water partition coefficient (Wildman–Crippen LogP) is 2.19. The van der Waals surface area contributed by atoms with Crippen molar-refractivity contribution in [2.45, 2.75) is 39.0 Å². The van der Waals surface area contributed by atoms with E-state index in [1.807, 2.05) is 6.92 Å². The van der Waals surface area contributed by atoms with Crippen LogP contribution in [0.4, 0.5) is 0 Å². The Morgan fingerprint density at radius 3 is 2.39 bits per heavy atom. The molecule has 0 aliphatic carbocycles. The molecule has 0 fully saturated rings. The number of hydrogen-bond donors (Lipinski definition) is 3. The van der Waals surface area contributed by atoms with Gasteiger partial charge in [0.15, 0.2) is 0 Å². The Bertz CT molecular complexity index is 453. The normalized spacial score (nSPS) is 10.7. The average Bonchev–Trinajstić information content (AvgIpc) is 2.96. The largest absolute Gasteiger partial charge is 0.477 e. The molecule has 0 aliphatic rings. The fraction of sp³-hybridized carbons (Fsp3) is 0.625. The molecular formula is C16H28N2O4S. The third-order valence-electron chi connectivity index (χ3n) is 2.35. The monoisotopic (exact) mass is 344 g/mol. The molecule has 132 valence electrons. The zero-order chi connectivity index (χ0) is 18.3. The molecule has 0 aromatic carbocycles. The highest BCUT2D eigenvalue weighted by molar-refractivity contribution is 7.80. The highest BCUT2D eigenvalue weighted by Gasteiger charge is 2.09. The van der Waals surface area contributed by atoms with Gasteiger partial charge in [0, 0.05) is 25.1 Å². The van der Waals surface area contributed by atoms with E-state index in [0.29, 0.717) is 19.1 Å². The SMILES string of the molecule is C#CCOC.CC(C)CCn1nccc1C(=O)O.CC(S)CO. The smallest absolute Gasteiger partial charge is 0.354 e. The lowest BCUT2D eigenvalue weighted by atomic mass is 10.1. The van der Waals surface area contributed by atoms with Crippen LogP contribution in [0, 0.1) is 18.3 Å². The van der Waals surface area contributed by atoms with Crippen molar-refractivity contribution >= 4 is 18.6 Å². The van der Waals surface area contributed by atoms with E-state index in [1.165, 1.54) is 16.9 Å². The van der Waals surface area contributed by atoms with Crippen LogP contribution in [0.15, 0.2) is 12.3 Å². The summed E-state index contributed by atoms with van der Waals surface area (Å²) in [5, 5.41) is 20.9. The lowest BCUT2D eigenvalue weighted by Crippen LogP contribution is -2.11. The van der Waals surface area contributed by atoms with Crippen molar-refractivity contribution in [1.29, 1.82) is 0 Å². The van der Waals surface area contributed by atoms with Crippen LogP contribution in [0.5, 0.6) is 0 Å². The van der Waals surface area contributed by atoms with Gasteiger partial charge in [-0.3, -0.25) is 4.68 Å². The minimum Gasteiger partial charge on any atom is -0.477 e. The fourth-order valence-corrected chi connectivity index (χ4v) is 1.16. The standard InChI is InChI=1S/C9H14N2O2.C4H6O.C3H8OS/c1-7(2)4-6-11-8(9(12)13)3-5-10-11;1-3-4-5-2;1-3(5)2-4/h3,5,7H,4,6H2,1-2H3,(H,12,13);1H,4H2,2H3;3-5H,2H2,1H3. The van der Waals surface area contributed by atoms with Crippen LogP contribution in [0.3, 0.4) is 0 Å². The van der Waals surface area contributed by atoms with E-state index in [4.69, 9.17) is 16.6 Å². The number of aliphatic hydroxyl groups excluding tert-OH is 1. The summed E-state index contributed by atoms with van der Waals surface area (Å²) in [6.07, 6.45) is 7.23. The van der Waals surface area contributed by atoms with Crippen molar-refractivity contribution in [2.75, 3.05) is 20.3 Å². The molecule has 1 aromatic heterocycles. The van der Waals surface area contributed by atoms with Crippen LogP contribution < -0.4 is 0 Å². The molecule has 7 heteroatoms. The van der Waals surface area contributed by atoms with Crippen LogP contribution >= 0.6 is 12.6 Å². The third-order valence-corrected chi connectivity index (χ3v) is 2.51. The Morgan fingerprint density at radius 2 is 2.09 bits per heavy atom. The van der Waals surface area contributed by atoms with Gasteiger partial charge < -0.3 is 14.9 Å². The van der Waals surface area contributed by atoms with Crippen molar-refractivity contribution in [1.82, 2.24) is 9.78 Å². The molecule has 0 saturated heterocycles. The molecule has 1 unspecified atom stereocenters. The van der Waals surface area contributed by atoms with Crippen LogP contribution in [-0.4, -0.2) is 51.5 Å². The van der Waals surface area contributed by atoms with E-state index >= 15 is 0 Å². The molecule has 0 bridgehead atoms. The maximum absolute atomic E-state index is 10.7. The van der Waals surface area contributed by atoms with E-state index in [2.05, 4.69) is 42.2 Å². The second-order valence-electron chi connectivity index (χ2n) is 5.10. The highest BCUT2D eigenvalue weighted by atomic mass is 32.1. The van der Waals surface area contributed by atoms with Crippen molar-refractivity contribution < 1.29 is 19.7 Å². The number of carbonyl (C=O) groups is 1. The lowest BCUT2D eigenvalue weighted by Gasteiger charge is -2.06. The van der Waals surface area contributed by atoms with E-state index < -0.39 is 5.97 Å². The molecule has 1 aromatic rings. The number of aromatic nitrogens is 2. The number of thiol groups is 1. The first-order valence-electron chi connectivity index (χ1n) is 7.26. The zero-order valence-corrected chi connectivity index (χ0v) is 15.2. The van der Waals surface area contributed by atoms with Gasteiger partial charge in [-0.25, -0.2) is 4.79 Å². The number of aliphatic hydroxyl groups is 1. The summed E-state index contributed by atoms with van der Waals surface area (Å²) < 4.78 is 5.98. The maximum Gasteiger partial charge on any atom is 0.354 e. The molecule has 0 amide bonds. The van der Waals surface area contributed by atoms with Gasteiger partial charge >= 0.3 is 5.97 Å². The van der Waals surface area contributed by atoms with Crippen molar-refractivity contribution in [3.05, 3.63) is 18.0 Å². The van der Waals surface area contributed by atoms with Gasteiger partial charge in [-0.1, -0.05) is 26.7 Å². The minimum atomic E-state index is -0.916. The number of carboxylic acid groups (broad SMARTS) is 1. The molecule has 2 N–H and O–H groups in total. The predicted molar refractivity (Wildman–Crippen MR) is 94.9 cm³/mol. The number of ether oxygens (including phenoxy) is 1. The number of methoxy groups -OCH3 is 1. The van der Waals surface area contributed by atoms with E-state index in [-0.39, 0.29) is 17.6 Å². The second kappa shape index (κ2) is 15.4. The molecule has 0 radical (unpaired) electrons. The number of hydrogen-bond acceptors (Lipinski definition) is 5. The summed E-state index contributed by atoms with van der Waals surface area (Å²) in [4.78, 5) is 10.7. The van der Waals surface area contributed by atoms with Gasteiger partial charge in [-0.05, 0) is 18.4 Å². The Hall–Kier alpha value is -1.49. The molecule has 1 atom stereocenters. The maximum atomic E-state index is 10.7. The second-order valence-corrected chi connectivity index (χ2v) is 5.98. The van der Waals surface area contributed by atoms with Crippen LogP contribution in [0.2, 0.25) is 0 Å². The first-order chi connectivity index (χ1) is 10.8. The first kappa shape index (κ1) is 23.8. The molecule has 1 rings (SSSR count). The molecule has 0 saturated carbocycles. The number of terminal acetylenes is 1. The molecule has 0 aliphatic heterocycles. The molecule has 6 nitrogen and oxygen atoms in total. The Kier molecular flexibility index (Phi) is 15.9. The number of aryl methyl sites for hydroxylation is 1. The van der Waals surface area contributed by atoms with Crippen LogP contribution in [0.25, 0.3) is 0 Å². The highest BCUT2D eigenvalue weighted by Crippen LogP contribution is 2.05. The third kappa shape index (κ3) is 15.2. The lowest BCUT2D eigenvalue weighted by molar-refractivity contribution is 0.0682. The topological polar surface area (TPSA) is 84.6 Å². The summed E-state index contributed by atoms with van der Waals surface area (Å²) in [5.41, 5.74) is 0.264. The summed E-state index contributed by atoms with van der Waals surface area (Å²) in [6, 6.07) is 1.52. The Morgan fingerprint density at radius 1 is 1.52 bits per heavy atom. The van der Waals surface area contributed by atoms with Gasteiger partial charge in [0.1, 0.15) is 12.3 Å². The van der Waals surface area contributed by atoms with Gasteiger partial charge in [0.2, 0.25) is 0 Å². The molecule has 1 heterocycles. The summed E-state index contributed by atoms with van der Waals surface area (Å²) in [7, 11) is 1.57. The van der Waals surface area contributed by atoms with Crippen molar-refractivity contribution in [3.63, 3.8) is 0 Å². The van der Waals surface area contributed by atoms with Gasteiger partial charge in [0.25, 0.3) is 0 Å². The van der Waals surface area contributed by atoms with Crippen LogP contribution in [-0.2, 0) is 11.3 Å². The van der Waals surface area contributed by atoms with Crippen LogP contribution in [0.1, 0.15) is 37.7 Å². The Labute approximate surface area is 144 Å². The average molecular weight is 344 g/mol. The number of rotatable bonds is 6. The number of nitrogens with zero attached hydrogens (tertiary/aromatic N) is 2. The van der Waals surface area contributed by atoms with Crippen molar-refractivity contribution in [3.8, 4) is 12.3 Å². The van der Waals surface area contributed by atoms with Gasteiger partial charge in [0.05, 0.1) is 6.61 Å². The fourth-order valence-electron chi connectivity index (χ4n) is 1.16. The first-order valence-corrected chi connectivity index (χ1v) is 7.78. The number of aromatic carboxylic acids is 1. The summed E-state index contributed by atoms with van der Waals surface area (Å²) in [5.74, 6) is 1.94. The zero-order valence-electron chi connectivity index (χ0n) is 14.3. The molecular weight excluding hydrogens is 316 g/mol. The number of carboxylic acids is 1. The molecule has 23 heavy (non-hydrogen) atoms. The van der Waals surface area contributed by atoms with E-state index in [0.717, 1.165) is 6.42 Å². The summed E-state index contributed by atoms with van der Waals surface area (Å²) in [6.45, 7) is 7.30. The van der Waals surface area contributed by atoms with Crippen molar-refractivity contribution in [2.24, 2.45) is 5.92 Å². The van der Waals surface area contributed by atoms with E-state index in [9.17, 15) is 4.79 Å².